The van der Waals surface area contributed by atoms with Crippen LogP contribution in [0.2, 0.25) is 5.02 Å². The molecule has 1 saturated heterocycles. The first-order valence-corrected chi connectivity index (χ1v) is 10.5. The zero-order valence-corrected chi connectivity index (χ0v) is 18.3. The van der Waals surface area contributed by atoms with Gasteiger partial charge in [0.05, 0.1) is 13.2 Å². The van der Waals surface area contributed by atoms with Crippen LogP contribution in [0.3, 0.4) is 0 Å². The third kappa shape index (κ3) is 6.29. The fourth-order valence-corrected chi connectivity index (χ4v) is 3.50. The van der Waals surface area contributed by atoms with Crippen LogP contribution in [0.1, 0.15) is 12.0 Å². The van der Waals surface area contributed by atoms with Gasteiger partial charge in [-0.1, -0.05) is 41.9 Å². The van der Waals surface area contributed by atoms with E-state index in [-0.39, 0.29) is 37.5 Å². The van der Waals surface area contributed by atoms with E-state index in [9.17, 15) is 14.4 Å². The van der Waals surface area contributed by atoms with Crippen molar-refractivity contribution in [2.75, 3.05) is 44.9 Å². The Hall–Kier alpha value is -2.90. The molecule has 7 nitrogen and oxygen atoms in total. The molecule has 8 heteroatoms. The van der Waals surface area contributed by atoms with E-state index in [2.05, 4.69) is 0 Å². The predicted octanol–water partition coefficient (Wildman–Crippen LogP) is 2.58. The van der Waals surface area contributed by atoms with Crippen LogP contribution in [0.15, 0.2) is 54.6 Å². The second-order valence-electron chi connectivity index (χ2n) is 7.32. The lowest BCUT2D eigenvalue weighted by atomic mass is 10.1. The molecular formula is C23H26ClN3O4. The quantitative estimate of drug-likeness (QED) is 0.597. The zero-order chi connectivity index (χ0) is 22.2. The van der Waals surface area contributed by atoms with Crippen LogP contribution in [-0.4, -0.2) is 67.5 Å². The van der Waals surface area contributed by atoms with Crippen molar-refractivity contribution in [2.45, 2.75) is 12.8 Å². The molecule has 0 radical (unpaired) electrons. The topological polar surface area (TPSA) is 70.2 Å². The van der Waals surface area contributed by atoms with Gasteiger partial charge in [0.1, 0.15) is 13.2 Å². The number of amides is 3. The fourth-order valence-electron chi connectivity index (χ4n) is 3.37. The van der Waals surface area contributed by atoms with Crippen molar-refractivity contribution in [1.29, 1.82) is 0 Å². The molecule has 1 aliphatic rings. The average Bonchev–Trinajstić information content (AvgIpc) is 3.17. The summed E-state index contributed by atoms with van der Waals surface area (Å²) in [4.78, 5) is 42.6. The number of methoxy groups -OCH3 is 1. The molecule has 0 aliphatic carbocycles. The van der Waals surface area contributed by atoms with Gasteiger partial charge in [0.15, 0.2) is 0 Å². The summed E-state index contributed by atoms with van der Waals surface area (Å²) in [5, 5.41) is 0.575. The van der Waals surface area contributed by atoms with Crippen LogP contribution >= 0.6 is 11.6 Å². The fraction of sp³-hybridized carbons (Fsp3) is 0.348. The van der Waals surface area contributed by atoms with E-state index >= 15 is 0 Å². The van der Waals surface area contributed by atoms with Crippen molar-refractivity contribution >= 4 is 35.0 Å². The maximum Gasteiger partial charge on any atom is 0.248 e. The minimum Gasteiger partial charge on any atom is -0.383 e. The van der Waals surface area contributed by atoms with Crippen LogP contribution in [0, 0.1) is 0 Å². The van der Waals surface area contributed by atoms with Gasteiger partial charge in [-0.05, 0) is 36.2 Å². The molecule has 0 atom stereocenters. The third-order valence-corrected chi connectivity index (χ3v) is 5.40. The molecule has 31 heavy (non-hydrogen) atoms. The Kier molecular flexibility index (Phi) is 8.03. The summed E-state index contributed by atoms with van der Waals surface area (Å²) >= 11 is 5.91. The highest BCUT2D eigenvalue weighted by Crippen LogP contribution is 2.22. The number of benzene rings is 2. The van der Waals surface area contributed by atoms with E-state index in [1.807, 2.05) is 30.3 Å². The number of hydrogen-bond acceptors (Lipinski definition) is 4. The largest absolute Gasteiger partial charge is 0.383 e. The summed E-state index contributed by atoms with van der Waals surface area (Å²) in [6.07, 6.45) is 0.904. The highest BCUT2D eigenvalue weighted by Gasteiger charge is 2.32. The normalized spacial score (nSPS) is 13.5. The second-order valence-corrected chi connectivity index (χ2v) is 7.76. The first kappa shape index (κ1) is 22.8. The summed E-state index contributed by atoms with van der Waals surface area (Å²) in [5.41, 5.74) is 1.75. The van der Waals surface area contributed by atoms with E-state index in [4.69, 9.17) is 16.3 Å². The molecule has 164 valence electrons. The monoisotopic (exact) mass is 443 g/mol. The van der Waals surface area contributed by atoms with Crippen molar-refractivity contribution in [3.05, 3.63) is 65.2 Å². The molecule has 2 aromatic carbocycles. The molecule has 2 aromatic rings. The zero-order valence-electron chi connectivity index (χ0n) is 17.5. The second kappa shape index (κ2) is 10.9. The first-order valence-electron chi connectivity index (χ1n) is 10.1. The van der Waals surface area contributed by atoms with Gasteiger partial charge in [0, 0.05) is 30.8 Å². The van der Waals surface area contributed by atoms with Gasteiger partial charge in [0.2, 0.25) is 17.7 Å². The number of halogens is 1. The molecule has 0 spiro atoms. The highest BCUT2D eigenvalue weighted by atomic mass is 35.5. The molecular weight excluding hydrogens is 418 g/mol. The van der Waals surface area contributed by atoms with Crippen LogP contribution in [0.5, 0.6) is 0 Å². The number of anilines is 1. The minimum atomic E-state index is -0.269. The summed E-state index contributed by atoms with van der Waals surface area (Å²) in [5.74, 6) is -0.558. The first-order chi connectivity index (χ1) is 15.0. The molecule has 1 aliphatic heterocycles. The van der Waals surface area contributed by atoms with E-state index < -0.39 is 0 Å². The van der Waals surface area contributed by atoms with E-state index in [1.165, 1.54) is 14.7 Å². The number of rotatable bonds is 9. The number of carbonyl (C=O) groups is 3. The van der Waals surface area contributed by atoms with Crippen LogP contribution in [0.4, 0.5) is 5.69 Å². The van der Waals surface area contributed by atoms with Crippen LogP contribution < -0.4 is 4.90 Å². The van der Waals surface area contributed by atoms with Crippen LogP contribution in [-0.2, 0) is 25.5 Å². The Morgan fingerprint density at radius 1 is 1.10 bits per heavy atom. The smallest absolute Gasteiger partial charge is 0.248 e. The number of ether oxygens (including phenoxy) is 1. The number of nitrogens with zero attached hydrogens (tertiary/aromatic N) is 3. The van der Waals surface area contributed by atoms with Gasteiger partial charge in [-0.25, -0.2) is 0 Å². The molecule has 1 fully saturated rings. The summed E-state index contributed by atoms with van der Waals surface area (Å²) in [6.45, 7) is 0.699. The minimum absolute atomic E-state index is 0.0161. The number of hydrogen-bond donors (Lipinski definition) is 0. The Labute approximate surface area is 187 Å². The van der Waals surface area contributed by atoms with E-state index in [0.717, 1.165) is 5.56 Å². The molecule has 3 rings (SSSR count). The Morgan fingerprint density at radius 3 is 2.48 bits per heavy atom. The van der Waals surface area contributed by atoms with Crippen molar-refractivity contribution in [3.8, 4) is 0 Å². The highest BCUT2D eigenvalue weighted by molar-refractivity contribution is 6.30. The van der Waals surface area contributed by atoms with Gasteiger partial charge in [-0.2, -0.15) is 0 Å². The Balaban J connectivity index is 1.60. The lowest BCUT2D eigenvalue weighted by Crippen LogP contribution is -2.44. The Morgan fingerprint density at radius 2 is 1.81 bits per heavy atom. The summed E-state index contributed by atoms with van der Waals surface area (Å²) in [7, 11) is 1.55. The predicted molar refractivity (Wildman–Crippen MR) is 119 cm³/mol. The molecule has 0 saturated carbocycles. The SMILES string of the molecule is COCCN(CC(=O)N1CC(=O)N(c2ccc(Cl)cc2)C1)C(=O)CCc1ccccc1. The summed E-state index contributed by atoms with van der Waals surface area (Å²) in [6, 6.07) is 16.6. The number of aryl methyl sites for hydroxylation is 1. The molecule has 0 aromatic heterocycles. The standard InChI is InChI=1S/C23H26ClN3O4/c1-31-14-13-25(21(28)12-7-18-5-3-2-4-6-18)15-22(29)26-16-23(30)27(17-26)20-10-8-19(24)9-11-20/h2-6,8-11H,7,12-17H2,1H3. The van der Waals surface area contributed by atoms with E-state index in [1.54, 1.807) is 31.4 Å². The molecule has 1 heterocycles. The van der Waals surface area contributed by atoms with Crippen molar-refractivity contribution in [3.63, 3.8) is 0 Å². The number of carbonyl (C=O) groups excluding carboxylic acids is 3. The van der Waals surface area contributed by atoms with Crippen molar-refractivity contribution < 1.29 is 19.1 Å². The molecule has 0 unspecified atom stereocenters. The molecule has 3 amide bonds. The maximum absolute atomic E-state index is 12.9. The van der Waals surface area contributed by atoms with Gasteiger partial charge in [0.25, 0.3) is 0 Å². The maximum atomic E-state index is 12.9. The molecule has 0 bridgehead atoms. The van der Waals surface area contributed by atoms with Gasteiger partial charge in [-0.15, -0.1) is 0 Å². The lowest BCUT2D eigenvalue weighted by Gasteiger charge is -2.25. The van der Waals surface area contributed by atoms with Crippen LogP contribution in [0.25, 0.3) is 0 Å². The lowest BCUT2D eigenvalue weighted by molar-refractivity contribution is -0.140. The van der Waals surface area contributed by atoms with Gasteiger partial charge >= 0.3 is 0 Å². The average molecular weight is 444 g/mol. The van der Waals surface area contributed by atoms with Crippen molar-refractivity contribution in [2.24, 2.45) is 0 Å². The van der Waals surface area contributed by atoms with Gasteiger partial charge in [-0.3, -0.25) is 19.3 Å². The van der Waals surface area contributed by atoms with E-state index in [0.29, 0.717) is 36.7 Å². The molecule has 0 N–H and O–H groups in total. The Bertz CT molecular complexity index is 905. The van der Waals surface area contributed by atoms with Crippen molar-refractivity contribution in [1.82, 2.24) is 9.80 Å². The summed E-state index contributed by atoms with van der Waals surface area (Å²) < 4.78 is 5.10. The van der Waals surface area contributed by atoms with Gasteiger partial charge < -0.3 is 14.5 Å². The third-order valence-electron chi connectivity index (χ3n) is 5.14.